The van der Waals surface area contributed by atoms with E-state index in [0.717, 1.165) is 12.8 Å². The van der Waals surface area contributed by atoms with Crippen molar-refractivity contribution in [2.75, 3.05) is 11.9 Å². The standard InChI is InChI=1S/C19H20N2O3/c1-2-24-18(22)16-9-5-6-10-17(16)21-19(23)20-15-11-13-7-3-4-8-14(13)12-15/h3-10,15H,2,11-12H2,1H3,(H2,20,21,23). The quantitative estimate of drug-likeness (QED) is 0.849. The van der Waals surface area contributed by atoms with Crippen LogP contribution in [0.15, 0.2) is 48.5 Å². The molecule has 0 aliphatic heterocycles. The predicted octanol–water partition coefficient (Wildman–Crippen LogP) is 3.15. The average Bonchev–Trinajstić information content (AvgIpc) is 2.97. The van der Waals surface area contributed by atoms with Crippen molar-refractivity contribution in [1.29, 1.82) is 0 Å². The molecule has 0 aromatic heterocycles. The third-order valence-corrected chi connectivity index (χ3v) is 4.06. The van der Waals surface area contributed by atoms with Crippen molar-refractivity contribution in [3.8, 4) is 0 Å². The summed E-state index contributed by atoms with van der Waals surface area (Å²) >= 11 is 0. The second-order valence-electron chi connectivity index (χ2n) is 5.74. The molecule has 5 heteroatoms. The van der Waals surface area contributed by atoms with Gasteiger partial charge in [-0.25, -0.2) is 9.59 Å². The number of para-hydroxylation sites is 1. The smallest absolute Gasteiger partial charge is 0.340 e. The lowest BCUT2D eigenvalue weighted by Crippen LogP contribution is -2.38. The maximum absolute atomic E-state index is 12.3. The molecule has 0 saturated heterocycles. The van der Waals surface area contributed by atoms with Gasteiger partial charge >= 0.3 is 12.0 Å². The third-order valence-electron chi connectivity index (χ3n) is 4.06. The van der Waals surface area contributed by atoms with E-state index in [0.29, 0.717) is 17.9 Å². The maximum atomic E-state index is 12.3. The van der Waals surface area contributed by atoms with E-state index < -0.39 is 5.97 Å². The first-order chi connectivity index (χ1) is 11.7. The van der Waals surface area contributed by atoms with Crippen LogP contribution < -0.4 is 10.6 Å². The van der Waals surface area contributed by atoms with Crippen LogP contribution in [0.4, 0.5) is 10.5 Å². The molecule has 2 aromatic carbocycles. The fourth-order valence-corrected chi connectivity index (χ4v) is 2.98. The number of urea groups is 1. The lowest BCUT2D eigenvalue weighted by atomic mass is 10.1. The van der Waals surface area contributed by atoms with Crippen LogP contribution in [-0.2, 0) is 17.6 Å². The number of carbonyl (C=O) groups is 2. The van der Waals surface area contributed by atoms with E-state index in [1.807, 2.05) is 12.1 Å². The summed E-state index contributed by atoms with van der Waals surface area (Å²) in [5.41, 5.74) is 3.35. The number of rotatable bonds is 4. The summed E-state index contributed by atoms with van der Waals surface area (Å²) in [4.78, 5) is 24.2. The van der Waals surface area contributed by atoms with Gasteiger partial charge in [0, 0.05) is 6.04 Å². The number of ether oxygens (including phenoxy) is 1. The van der Waals surface area contributed by atoms with Crippen molar-refractivity contribution in [1.82, 2.24) is 5.32 Å². The number of hydrogen-bond acceptors (Lipinski definition) is 3. The molecule has 0 fully saturated rings. The van der Waals surface area contributed by atoms with E-state index in [1.165, 1.54) is 11.1 Å². The van der Waals surface area contributed by atoms with E-state index >= 15 is 0 Å². The Morgan fingerprint density at radius 2 is 1.67 bits per heavy atom. The van der Waals surface area contributed by atoms with Crippen molar-refractivity contribution in [2.24, 2.45) is 0 Å². The Hall–Kier alpha value is -2.82. The highest BCUT2D eigenvalue weighted by Crippen LogP contribution is 2.22. The van der Waals surface area contributed by atoms with E-state index in [4.69, 9.17) is 4.74 Å². The molecule has 2 aromatic rings. The first kappa shape index (κ1) is 16.1. The van der Waals surface area contributed by atoms with Gasteiger partial charge in [-0.2, -0.15) is 0 Å². The van der Waals surface area contributed by atoms with Gasteiger partial charge in [0.2, 0.25) is 0 Å². The minimum absolute atomic E-state index is 0.0668. The van der Waals surface area contributed by atoms with Gasteiger partial charge in [0.05, 0.1) is 17.9 Å². The first-order valence-electron chi connectivity index (χ1n) is 8.08. The van der Waals surface area contributed by atoms with Crippen LogP contribution in [0, 0.1) is 0 Å². The molecule has 1 aliphatic rings. The number of esters is 1. The Balaban J connectivity index is 1.63. The molecule has 0 radical (unpaired) electrons. The highest BCUT2D eigenvalue weighted by molar-refractivity contribution is 6.00. The van der Waals surface area contributed by atoms with Gasteiger partial charge < -0.3 is 15.4 Å². The largest absolute Gasteiger partial charge is 0.462 e. The van der Waals surface area contributed by atoms with Crippen molar-refractivity contribution < 1.29 is 14.3 Å². The van der Waals surface area contributed by atoms with Crippen molar-refractivity contribution >= 4 is 17.7 Å². The zero-order chi connectivity index (χ0) is 16.9. The average molecular weight is 324 g/mol. The van der Waals surface area contributed by atoms with Crippen LogP contribution in [0.3, 0.4) is 0 Å². The lowest BCUT2D eigenvalue weighted by Gasteiger charge is -2.15. The molecular formula is C19H20N2O3. The molecule has 0 unspecified atom stereocenters. The van der Waals surface area contributed by atoms with Gasteiger partial charge in [-0.1, -0.05) is 36.4 Å². The Morgan fingerprint density at radius 1 is 1.04 bits per heavy atom. The molecule has 3 rings (SSSR count). The summed E-state index contributed by atoms with van der Waals surface area (Å²) in [5.74, 6) is -0.443. The summed E-state index contributed by atoms with van der Waals surface area (Å²) in [6.45, 7) is 2.04. The zero-order valence-corrected chi connectivity index (χ0v) is 13.5. The van der Waals surface area contributed by atoms with Gasteiger partial charge in [0.15, 0.2) is 0 Å². The van der Waals surface area contributed by atoms with E-state index in [9.17, 15) is 9.59 Å². The van der Waals surface area contributed by atoms with E-state index in [-0.39, 0.29) is 12.1 Å². The SMILES string of the molecule is CCOC(=O)c1ccccc1NC(=O)NC1Cc2ccccc2C1. The van der Waals surface area contributed by atoms with Gasteiger partial charge in [-0.3, -0.25) is 0 Å². The number of anilines is 1. The van der Waals surface area contributed by atoms with E-state index in [2.05, 4.69) is 22.8 Å². The van der Waals surface area contributed by atoms with Crippen molar-refractivity contribution in [3.63, 3.8) is 0 Å². The number of amides is 2. The predicted molar refractivity (Wildman–Crippen MR) is 92.2 cm³/mol. The second-order valence-corrected chi connectivity index (χ2v) is 5.74. The molecule has 5 nitrogen and oxygen atoms in total. The van der Waals surface area contributed by atoms with Gasteiger partial charge in [-0.15, -0.1) is 0 Å². The molecule has 0 atom stereocenters. The molecule has 2 N–H and O–H groups in total. The van der Waals surface area contributed by atoms with Crippen LogP contribution in [-0.4, -0.2) is 24.6 Å². The van der Waals surface area contributed by atoms with Gasteiger partial charge in [-0.05, 0) is 43.0 Å². The Labute approximate surface area is 141 Å². The first-order valence-corrected chi connectivity index (χ1v) is 8.08. The second kappa shape index (κ2) is 7.17. The number of nitrogens with one attached hydrogen (secondary N) is 2. The molecule has 124 valence electrons. The minimum atomic E-state index is -0.443. The number of fused-ring (bicyclic) bond motifs is 1. The zero-order valence-electron chi connectivity index (χ0n) is 13.5. The van der Waals surface area contributed by atoms with E-state index in [1.54, 1.807) is 31.2 Å². The maximum Gasteiger partial charge on any atom is 0.340 e. The van der Waals surface area contributed by atoms with Crippen LogP contribution in [0.2, 0.25) is 0 Å². The monoisotopic (exact) mass is 324 g/mol. The van der Waals surface area contributed by atoms with Crippen molar-refractivity contribution in [2.45, 2.75) is 25.8 Å². The highest BCUT2D eigenvalue weighted by Gasteiger charge is 2.23. The Morgan fingerprint density at radius 3 is 2.33 bits per heavy atom. The summed E-state index contributed by atoms with van der Waals surface area (Å²) in [5, 5.41) is 5.72. The normalized spacial score (nSPS) is 13.2. The number of carbonyl (C=O) groups excluding carboxylic acids is 2. The minimum Gasteiger partial charge on any atom is -0.462 e. The van der Waals surface area contributed by atoms with Crippen LogP contribution in [0.5, 0.6) is 0 Å². The summed E-state index contributed by atoms with van der Waals surface area (Å²) in [7, 11) is 0. The van der Waals surface area contributed by atoms with Crippen LogP contribution in [0.25, 0.3) is 0 Å². The van der Waals surface area contributed by atoms with Gasteiger partial charge in [0.25, 0.3) is 0 Å². The molecule has 2 amide bonds. The summed E-state index contributed by atoms with van der Waals surface area (Å²) in [6.07, 6.45) is 1.65. The Kier molecular flexibility index (Phi) is 4.79. The number of benzene rings is 2. The Bertz CT molecular complexity index is 733. The molecule has 0 saturated carbocycles. The summed E-state index contributed by atoms with van der Waals surface area (Å²) in [6, 6.07) is 14.8. The highest BCUT2D eigenvalue weighted by atomic mass is 16.5. The molecular weight excluding hydrogens is 304 g/mol. The van der Waals surface area contributed by atoms with Crippen LogP contribution in [0.1, 0.15) is 28.4 Å². The van der Waals surface area contributed by atoms with Gasteiger partial charge in [0.1, 0.15) is 0 Å². The third kappa shape index (κ3) is 3.56. The molecule has 24 heavy (non-hydrogen) atoms. The fourth-order valence-electron chi connectivity index (χ4n) is 2.98. The fraction of sp³-hybridized carbons (Fsp3) is 0.263. The summed E-state index contributed by atoms with van der Waals surface area (Å²) < 4.78 is 5.02. The molecule has 0 bridgehead atoms. The van der Waals surface area contributed by atoms with Crippen molar-refractivity contribution in [3.05, 3.63) is 65.2 Å². The molecule has 1 aliphatic carbocycles. The lowest BCUT2D eigenvalue weighted by molar-refractivity contribution is 0.0527. The topological polar surface area (TPSA) is 67.4 Å². The molecule has 0 heterocycles. The molecule has 0 spiro atoms. The number of hydrogen-bond donors (Lipinski definition) is 2. The van der Waals surface area contributed by atoms with Crippen LogP contribution >= 0.6 is 0 Å².